The van der Waals surface area contributed by atoms with Gasteiger partial charge in [0.05, 0.1) is 25.6 Å². The van der Waals surface area contributed by atoms with E-state index in [0.29, 0.717) is 54.6 Å². The fraction of sp³-hybridized carbons (Fsp3) is 1.00. The fourth-order valence-electron chi connectivity index (χ4n) is 7.27. The van der Waals surface area contributed by atoms with Crippen molar-refractivity contribution in [3.8, 4) is 0 Å². The third-order valence-electron chi connectivity index (χ3n) is 7.04. The molecule has 0 aromatic rings. The largest absolute Gasteiger partial charge is 0.347 e. The average Bonchev–Trinajstić information content (AvgIpc) is 2.95. The van der Waals surface area contributed by atoms with Gasteiger partial charge in [0.15, 0.2) is 5.79 Å². The highest BCUT2D eigenvalue weighted by Gasteiger charge is 2.95. The van der Waals surface area contributed by atoms with E-state index in [9.17, 15) is 8.42 Å². The molecule has 0 N–H and O–H groups in total. The normalized spacial score (nSPS) is 64.8. The van der Waals surface area contributed by atoms with E-state index in [4.69, 9.17) is 13.7 Å². The molecule has 4 bridgehead atoms. The number of hydrogen-bond donors (Lipinski definition) is 0. The van der Waals surface area contributed by atoms with Gasteiger partial charge in [-0.3, -0.25) is 4.18 Å². The Balaban J connectivity index is 1.46. The molecule has 7 aliphatic rings. The van der Waals surface area contributed by atoms with Gasteiger partial charge in [-0.1, -0.05) is 0 Å². The zero-order valence-electron chi connectivity index (χ0n) is 10.6. The summed E-state index contributed by atoms with van der Waals surface area (Å²) in [7, 11) is -3.36. The molecule has 9 atom stereocenters. The maximum Gasteiger partial charge on any atom is 0.264 e. The molecule has 6 saturated carbocycles. The summed E-state index contributed by atoms with van der Waals surface area (Å²) in [5.41, 5.74) is 0. The van der Waals surface area contributed by atoms with E-state index in [-0.39, 0.29) is 11.9 Å². The second-order valence-corrected chi connectivity index (χ2v) is 8.80. The summed E-state index contributed by atoms with van der Waals surface area (Å²) in [5, 5.41) is 0. The molecular weight excluding hydrogens is 268 g/mol. The van der Waals surface area contributed by atoms with Crippen LogP contribution >= 0.6 is 0 Å². The Morgan fingerprint density at radius 2 is 1.53 bits per heavy atom. The maximum atomic E-state index is 11.5. The minimum atomic E-state index is -3.36. The molecule has 19 heavy (non-hydrogen) atoms. The van der Waals surface area contributed by atoms with Gasteiger partial charge in [-0.05, 0) is 35.5 Å². The lowest BCUT2D eigenvalue weighted by atomic mass is 9.41. The van der Waals surface area contributed by atoms with Crippen LogP contribution in [0.5, 0.6) is 0 Å². The standard InChI is InChI=1S/C13H16O5S/c1-19(14,15)18-12-8-4-5-7(8)11-9(12)6(4)10(5)13(11)16-2-3-17-13/h4-12H,2-3H2,1H3/t4-,5+,6+,7+,8-,9-,10+,11+,12+/m0/s1. The first-order valence-electron chi connectivity index (χ1n) is 7.21. The van der Waals surface area contributed by atoms with Crippen LogP contribution in [0.4, 0.5) is 0 Å². The second-order valence-electron chi connectivity index (χ2n) is 7.20. The third kappa shape index (κ3) is 0.820. The first-order chi connectivity index (χ1) is 9.05. The zero-order chi connectivity index (χ0) is 12.7. The van der Waals surface area contributed by atoms with Crippen LogP contribution in [-0.2, 0) is 23.8 Å². The van der Waals surface area contributed by atoms with Crippen molar-refractivity contribution in [1.82, 2.24) is 0 Å². The Bertz CT molecular complexity index is 594. The minimum Gasteiger partial charge on any atom is -0.347 e. The van der Waals surface area contributed by atoms with Crippen LogP contribution in [0, 0.1) is 47.3 Å². The lowest BCUT2D eigenvalue weighted by molar-refractivity contribution is -0.228. The lowest BCUT2D eigenvalue weighted by Crippen LogP contribution is -2.61. The van der Waals surface area contributed by atoms with Gasteiger partial charge in [-0.15, -0.1) is 0 Å². The van der Waals surface area contributed by atoms with Crippen molar-refractivity contribution in [2.75, 3.05) is 19.5 Å². The highest BCUT2D eigenvalue weighted by Crippen LogP contribution is 2.91. The Morgan fingerprint density at radius 3 is 2.16 bits per heavy atom. The van der Waals surface area contributed by atoms with Crippen molar-refractivity contribution >= 4 is 10.1 Å². The summed E-state index contributed by atoms with van der Waals surface area (Å²) in [6, 6.07) is 0. The molecule has 1 heterocycles. The Kier molecular flexibility index (Phi) is 1.46. The molecule has 0 radical (unpaired) electrons. The molecule has 5 nitrogen and oxygen atoms in total. The van der Waals surface area contributed by atoms with Crippen molar-refractivity contribution < 1.29 is 22.1 Å². The molecule has 104 valence electrons. The van der Waals surface area contributed by atoms with E-state index < -0.39 is 10.1 Å². The highest BCUT2D eigenvalue weighted by atomic mass is 32.2. The van der Waals surface area contributed by atoms with Crippen LogP contribution in [0.15, 0.2) is 0 Å². The van der Waals surface area contributed by atoms with E-state index in [1.54, 1.807) is 0 Å². The van der Waals surface area contributed by atoms with Crippen LogP contribution < -0.4 is 0 Å². The predicted molar refractivity (Wildman–Crippen MR) is 62.3 cm³/mol. The fourth-order valence-corrected chi connectivity index (χ4v) is 7.93. The van der Waals surface area contributed by atoms with Gasteiger partial charge in [0, 0.05) is 11.8 Å². The van der Waals surface area contributed by atoms with E-state index in [1.165, 1.54) is 6.26 Å². The van der Waals surface area contributed by atoms with Gasteiger partial charge >= 0.3 is 0 Å². The quantitative estimate of drug-likeness (QED) is 0.672. The molecule has 6 heteroatoms. The van der Waals surface area contributed by atoms with Crippen molar-refractivity contribution in [2.45, 2.75) is 11.9 Å². The summed E-state index contributed by atoms with van der Waals surface area (Å²) < 4.78 is 40.5. The second kappa shape index (κ2) is 2.63. The molecule has 6 aliphatic carbocycles. The van der Waals surface area contributed by atoms with Crippen molar-refractivity contribution in [1.29, 1.82) is 0 Å². The van der Waals surface area contributed by atoms with Crippen LogP contribution in [-0.4, -0.2) is 39.8 Å². The molecule has 1 spiro atoms. The smallest absolute Gasteiger partial charge is 0.264 e. The van der Waals surface area contributed by atoms with Gasteiger partial charge in [0.25, 0.3) is 10.1 Å². The van der Waals surface area contributed by atoms with Gasteiger partial charge in [0.1, 0.15) is 0 Å². The third-order valence-corrected chi connectivity index (χ3v) is 7.61. The summed E-state index contributed by atoms with van der Waals surface area (Å²) in [5.74, 6) is 4.06. The van der Waals surface area contributed by atoms with Crippen molar-refractivity contribution in [2.24, 2.45) is 47.3 Å². The van der Waals surface area contributed by atoms with E-state index >= 15 is 0 Å². The summed E-state index contributed by atoms with van der Waals surface area (Å²) in [6.45, 7) is 1.39. The maximum absolute atomic E-state index is 11.5. The van der Waals surface area contributed by atoms with E-state index in [1.807, 2.05) is 0 Å². The molecule has 0 aromatic heterocycles. The SMILES string of the molecule is CS(=O)(=O)O[C@@H]1[C@H]2[C@H]3[C@@H]4[C@H]2[C@@H]2[C@@H]1[C@@H]3[C@@H]4C21OCCO1. The molecule has 0 unspecified atom stereocenters. The van der Waals surface area contributed by atoms with Gasteiger partial charge in [-0.2, -0.15) is 8.42 Å². The summed E-state index contributed by atoms with van der Waals surface area (Å²) in [4.78, 5) is 0. The summed E-state index contributed by atoms with van der Waals surface area (Å²) >= 11 is 0. The lowest BCUT2D eigenvalue weighted by Gasteiger charge is -2.62. The number of rotatable bonds is 2. The van der Waals surface area contributed by atoms with E-state index in [0.717, 1.165) is 5.92 Å². The monoisotopic (exact) mass is 284 g/mol. The number of hydrogen-bond acceptors (Lipinski definition) is 5. The molecule has 0 amide bonds. The average molecular weight is 284 g/mol. The topological polar surface area (TPSA) is 61.8 Å². The van der Waals surface area contributed by atoms with Gasteiger partial charge in [0.2, 0.25) is 0 Å². The number of ether oxygens (including phenoxy) is 2. The Hall–Kier alpha value is -0.170. The van der Waals surface area contributed by atoms with Crippen LogP contribution in [0.3, 0.4) is 0 Å². The van der Waals surface area contributed by atoms with Crippen LogP contribution in [0.2, 0.25) is 0 Å². The molecule has 0 aromatic carbocycles. The zero-order valence-corrected chi connectivity index (χ0v) is 11.4. The Morgan fingerprint density at radius 1 is 0.947 bits per heavy atom. The predicted octanol–water partition coefficient (Wildman–Crippen LogP) is 0.0719. The van der Waals surface area contributed by atoms with Crippen molar-refractivity contribution in [3.05, 3.63) is 0 Å². The van der Waals surface area contributed by atoms with Gasteiger partial charge < -0.3 is 9.47 Å². The molecular formula is C13H16O5S. The Labute approximate surface area is 111 Å². The summed E-state index contributed by atoms with van der Waals surface area (Å²) in [6.07, 6.45) is 1.08. The highest BCUT2D eigenvalue weighted by molar-refractivity contribution is 7.86. The van der Waals surface area contributed by atoms with E-state index in [2.05, 4.69) is 0 Å². The van der Waals surface area contributed by atoms with Gasteiger partial charge in [-0.25, -0.2) is 0 Å². The molecule has 7 rings (SSSR count). The molecule has 1 aliphatic heterocycles. The minimum absolute atomic E-state index is 0.0894. The van der Waals surface area contributed by atoms with Crippen LogP contribution in [0.1, 0.15) is 0 Å². The first kappa shape index (κ1) is 10.5. The van der Waals surface area contributed by atoms with Crippen molar-refractivity contribution in [3.63, 3.8) is 0 Å². The molecule has 1 saturated heterocycles. The first-order valence-corrected chi connectivity index (χ1v) is 9.02. The van der Waals surface area contributed by atoms with Crippen LogP contribution in [0.25, 0.3) is 0 Å². The molecule has 7 fully saturated rings.